The van der Waals surface area contributed by atoms with Crippen molar-refractivity contribution in [3.05, 3.63) is 0 Å². The molecule has 0 spiro atoms. The molecule has 11 nitrogen and oxygen atoms in total. The lowest BCUT2D eigenvalue weighted by Crippen LogP contribution is -2.59. The van der Waals surface area contributed by atoms with Gasteiger partial charge >= 0.3 is 51.9 Å². The summed E-state index contributed by atoms with van der Waals surface area (Å²) in [4.78, 5) is 0. The van der Waals surface area contributed by atoms with Crippen molar-refractivity contribution in [2.24, 2.45) is 0 Å². The summed E-state index contributed by atoms with van der Waals surface area (Å²) >= 11 is 17.1. The predicted molar refractivity (Wildman–Crippen MR) is 306 cm³/mol. The first-order valence-electron chi connectivity index (χ1n) is 22.5. The second-order valence-electron chi connectivity index (χ2n) is 20.4. The fourth-order valence-electron chi connectivity index (χ4n) is 7.21. The summed E-state index contributed by atoms with van der Waals surface area (Å²) in [5.41, 5.74) is 0. The molecule has 1 atom stereocenters. The first-order chi connectivity index (χ1) is 28.0. The highest BCUT2D eigenvalue weighted by Gasteiger charge is 2.51. The zero-order valence-corrected chi connectivity index (χ0v) is 57.5. The van der Waals surface area contributed by atoms with Gasteiger partial charge in [-0.15, -0.1) is 0 Å². The molecule has 0 N–H and O–H groups in total. The van der Waals surface area contributed by atoms with Crippen LogP contribution in [0.5, 0.6) is 0 Å². The van der Waals surface area contributed by atoms with Crippen molar-refractivity contribution in [3.8, 4) is 0 Å². The molecule has 0 bridgehead atoms. The molecule has 378 valence electrons. The standard InChI is InChI=1S/C13H34O2SSi3.C12H32O6S2Si3.C12H34O3SSi4/c1-8-9-12-17(2,3)14-19(6,7)15-18(4,5)13-10-11-16;1-13-22(14-2,11-7-9-19)17-21(5,6)18-23(15-3,16-4)12-8-10-20;1-17(2,3)13-19(7,8)15-20(9,12-10-11-16)14-18(4,5)6/h16H,8-13H2,1-7H3;19-20H,7-12H2,1-6H3;16H,10-12H2,1-9H3. The Labute approximate surface area is 417 Å². The van der Waals surface area contributed by atoms with Crippen molar-refractivity contribution in [2.75, 3.05) is 51.5 Å². The Hall–Kier alpha value is 3.13. The van der Waals surface area contributed by atoms with E-state index in [-0.39, 0.29) is 0 Å². The van der Waals surface area contributed by atoms with Crippen LogP contribution in [0, 0.1) is 0 Å². The van der Waals surface area contributed by atoms with Gasteiger partial charge in [-0.2, -0.15) is 50.5 Å². The minimum absolute atomic E-state index is 0.703. The van der Waals surface area contributed by atoms with Crippen LogP contribution in [0.3, 0.4) is 0 Å². The number of hydrogen-bond donors (Lipinski definition) is 4. The van der Waals surface area contributed by atoms with Crippen molar-refractivity contribution in [1.82, 2.24) is 0 Å². The summed E-state index contributed by atoms with van der Waals surface area (Å²) < 4.78 is 67.4. The van der Waals surface area contributed by atoms with E-state index in [1.165, 1.54) is 24.9 Å². The molecule has 0 saturated heterocycles. The normalized spacial score (nSPS) is 14.8. The molecular formula is C37H100O11S4Si10. The molecule has 0 aliphatic heterocycles. The van der Waals surface area contributed by atoms with Crippen LogP contribution >= 0.6 is 50.5 Å². The van der Waals surface area contributed by atoms with Crippen molar-refractivity contribution >= 4 is 136 Å². The third-order valence-electron chi connectivity index (χ3n) is 8.77. The molecule has 0 rings (SSSR count). The molecule has 25 heteroatoms. The quantitative estimate of drug-likeness (QED) is 0.0373. The molecule has 0 aliphatic carbocycles. The van der Waals surface area contributed by atoms with E-state index in [4.69, 9.17) is 46.5 Å². The van der Waals surface area contributed by atoms with Gasteiger partial charge in [-0.1, -0.05) is 19.8 Å². The molecule has 62 heavy (non-hydrogen) atoms. The molecule has 0 radical (unpaired) electrons. The predicted octanol–water partition coefficient (Wildman–Crippen LogP) is 12.9. The number of thiol groups is 4. The number of rotatable bonds is 33. The average Bonchev–Trinajstić information content (AvgIpc) is 3.10. The molecule has 0 amide bonds. The summed E-state index contributed by atoms with van der Waals surface area (Å²) in [5.74, 6) is 3.35. The van der Waals surface area contributed by atoms with Crippen LogP contribution in [-0.4, -0.2) is 137 Å². The lowest BCUT2D eigenvalue weighted by atomic mass is 10.4. The van der Waals surface area contributed by atoms with Gasteiger partial charge < -0.3 is 46.5 Å². The van der Waals surface area contributed by atoms with Gasteiger partial charge in [0.2, 0.25) is 0 Å². The van der Waals surface area contributed by atoms with E-state index in [9.17, 15) is 0 Å². The summed E-state index contributed by atoms with van der Waals surface area (Å²) in [6.07, 6.45) is 6.46. The maximum Gasteiger partial charge on any atom is 0.491 e. The number of unbranched alkanes of at least 4 members (excludes halogenated alkanes) is 1. The molecule has 0 heterocycles. The van der Waals surface area contributed by atoms with Crippen LogP contribution in [0.4, 0.5) is 0 Å². The van der Waals surface area contributed by atoms with Crippen LogP contribution in [0.25, 0.3) is 0 Å². The fourth-order valence-corrected chi connectivity index (χ4v) is 52.3. The summed E-state index contributed by atoms with van der Waals surface area (Å²) in [5, 5.41) is 0. The van der Waals surface area contributed by atoms with Crippen LogP contribution < -0.4 is 0 Å². The second-order valence-corrected chi connectivity index (χ2v) is 60.9. The Bertz CT molecular complexity index is 1100. The van der Waals surface area contributed by atoms with Gasteiger partial charge in [0.1, 0.15) is 0 Å². The van der Waals surface area contributed by atoms with E-state index in [1.807, 2.05) is 13.1 Å². The highest BCUT2D eigenvalue weighted by molar-refractivity contribution is 7.80. The third kappa shape index (κ3) is 36.1. The largest absolute Gasteiger partial charge is 0.491 e. The van der Waals surface area contributed by atoms with Crippen LogP contribution in [-0.2, 0) is 46.5 Å². The molecule has 0 aromatic heterocycles. The van der Waals surface area contributed by atoms with Crippen LogP contribution in [0.1, 0.15) is 45.4 Å². The molecular weight excluding hydrogens is 1030 g/mol. The lowest BCUT2D eigenvalue weighted by Gasteiger charge is -2.41. The minimum atomic E-state index is -2.77. The SMILES string of the molecule is CCCC[Si](C)(C)O[Si](C)(C)O[Si](C)(C)CCCS.CO[Si](CCCS)(OC)O[Si](C)(C)O[Si](CCCS)(OC)OC.C[Si](C)(C)O[Si](C)(C)O[Si](C)(CCCS)O[Si](C)(C)C. The van der Waals surface area contributed by atoms with Crippen molar-refractivity contribution in [2.45, 2.75) is 187 Å². The highest BCUT2D eigenvalue weighted by atomic mass is 32.1. The minimum Gasteiger partial charge on any atom is -0.437 e. The molecule has 1 unspecified atom stereocenters. The molecule has 0 aromatic rings. The van der Waals surface area contributed by atoms with Crippen LogP contribution in [0.15, 0.2) is 0 Å². The molecule has 0 aromatic carbocycles. The Morgan fingerprint density at radius 1 is 0.323 bits per heavy atom. The van der Waals surface area contributed by atoms with Gasteiger partial charge in [-0.05, 0) is 178 Å². The Kier molecular flexibility index (Phi) is 36.0. The van der Waals surface area contributed by atoms with Gasteiger partial charge in [-0.3, -0.25) is 0 Å². The Balaban J connectivity index is -0.000000847. The maximum atomic E-state index is 6.55. The zero-order chi connectivity index (χ0) is 49.4. The maximum absolute atomic E-state index is 6.55. The van der Waals surface area contributed by atoms with E-state index < -0.39 is 85.1 Å². The van der Waals surface area contributed by atoms with Gasteiger partial charge in [0.05, 0.1) is 0 Å². The lowest BCUT2D eigenvalue weighted by molar-refractivity contribution is 0.116. The molecule has 0 saturated carbocycles. The summed E-state index contributed by atoms with van der Waals surface area (Å²) in [7, 11) is -14.2. The smallest absolute Gasteiger partial charge is 0.437 e. The van der Waals surface area contributed by atoms with E-state index in [1.54, 1.807) is 28.4 Å². The summed E-state index contributed by atoms with van der Waals surface area (Å²) in [6, 6.07) is 4.85. The second kappa shape index (κ2) is 32.2. The van der Waals surface area contributed by atoms with Crippen LogP contribution in [0.2, 0.25) is 142 Å². The van der Waals surface area contributed by atoms with Gasteiger partial charge in [0.25, 0.3) is 0 Å². The molecule has 0 aliphatic rings. The first kappa shape index (κ1) is 69.4. The Morgan fingerprint density at radius 2 is 0.613 bits per heavy atom. The van der Waals surface area contributed by atoms with Crippen molar-refractivity contribution < 1.29 is 46.5 Å². The van der Waals surface area contributed by atoms with Crippen molar-refractivity contribution in [3.63, 3.8) is 0 Å². The van der Waals surface area contributed by atoms with E-state index in [0.29, 0.717) is 12.1 Å². The highest BCUT2D eigenvalue weighted by Crippen LogP contribution is 2.30. The number of hydrogen-bond acceptors (Lipinski definition) is 15. The van der Waals surface area contributed by atoms with Gasteiger partial charge in [0, 0.05) is 40.5 Å². The van der Waals surface area contributed by atoms with Gasteiger partial charge in [0.15, 0.2) is 33.3 Å². The molecule has 0 fully saturated rings. The van der Waals surface area contributed by atoms with E-state index in [2.05, 4.69) is 156 Å². The van der Waals surface area contributed by atoms with Crippen molar-refractivity contribution in [1.29, 1.82) is 0 Å². The van der Waals surface area contributed by atoms with E-state index in [0.717, 1.165) is 54.7 Å². The topological polar surface area (TPSA) is 102 Å². The Morgan fingerprint density at radius 3 is 0.919 bits per heavy atom. The van der Waals surface area contributed by atoms with Gasteiger partial charge in [-0.25, -0.2) is 0 Å². The zero-order valence-electron chi connectivity index (χ0n) is 43.9. The van der Waals surface area contributed by atoms with E-state index >= 15 is 0 Å². The third-order valence-corrected chi connectivity index (χ3v) is 45.9. The summed E-state index contributed by atoms with van der Waals surface area (Å²) in [6.45, 7) is 39.8. The fraction of sp³-hybridized carbons (Fsp3) is 1.00. The average molecular weight is 1130 g/mol. The monoisotopic (exact) mass is 1130 g/mol. The first-order valence-corrected chi connectivity index (χ1v) is 53.0.